The van der Waals surface area contributed by atoms with Gasteiger partial charge in [-0.05, 0) is 43.3 Å². The molecule has 0 saturated carbocycles. The van der Waals surface area contributed by atoms with Gasteiger partial charge in [0.1, 0.15) is 12.4 Å². The van der Waals surface area contributed by atoms with Gasteiger partial charge in [0.2, 0.25) is 0 Å². The van der Waals surface area contributed by atoms with Crippen LogP contribution in [-0.4, -0.2) is 6.54 Å². The molecule has 0 aliphatic rings. The molecule has 0 N–H and O–H groups in total. The summed E-state index contributed by atoms with van der Waals surface area (Å²) >= 11 is 0. The number of halogens is 1. The number of rotatable bonds is 4. The van der Waals surface area contributed by atoms with E-state index in [1.165, 1.54) is 17.1 Å². The highest BCUT2D eigenvalue weighted by molar-refractivity contribution is 5.46. The Kier molecular flexibility index (Phi) is 4.40. The number of hydrogen-bond donors (Lipinski definition) is 0. The molecule has 2 aromatic carbocycles. The second-order valence-electron chi connectivity index (χ2n) is 4.22. The molecule has 20 heavy (non-hydrogen) atoms. The van der Waals surface area contributed by atoms with Gasteiger partial charge < -0.3 is 0 Å². The van der Waals surface area contributed by atoms with Gasteiger partial charge >= 0.3 is 0 Å². The van der Waals surface area contributed by atoms with Crippen molar-refractivity contribution in [1.29, 1.82) is 5.26 Å². The first kappa shape index (κ1) is 13.7. The Morgan fingerprint density at radius 2 is 1.75 bits per heavy atom. The smallest absolute Gasteiger partial charge is 0.130 e. The fourth-order valence-electron chi connectivity index (χ4n) is 1.57. The van der Waals surface area contributed by atoms with Gasteiger partial charge in [-0.2, -0.15) is 5.26 Å². The summed E-state index contributed by atoms with van der Waals surface area (Å²) in [4.78, 5) is 0. The lowest BCUT2D eigenvalue weighted by Gasteiger charge is -2.13. The van der Waals surface area contributed by atoms with E-state index in [1.807, 2.05) is 37.3 Å². The van der Waals surface area contributed by atoms with Crippen molar-refractivity contribution in [2.45, 2.75) is 6.92 Å². The van der Waals surface area contributed by atoms with E-state index < -0.39 is 0 Å². The Hall–Kier alpha value is -2.74. The van der Waals surface area contributed by atoms with Crippen molar-refractivity contribution in [2.75, 3.05) is 11.6 Å². The molecule has 0 atom stereocenters. The third-order valence-corrected chi connectivity index (χ3v) is 2.65. The molecule has 0 amide bonds. The van der Waals surface area contributed by atoms with Gasteiger partial charge in [-0.3, -0.25) is 0 Å². The van der Waals surface area contributed by atoms with Crippen LogP contribution in [0.25, 0.3) is 0 Å². The minimum atomic E-state index is -0.332. The van der Waals surface area contributed by atoms with Crippen LogP contribution < -0.4 is 5.01 Å². The summed E-state index contributed by atoms with van der Waals surface area (Å²) in [6.45, 7) is 2.03. The van der Waals surface area contributed by atoms with E-state index >= 15 is 0 Å². The van der Waals surface area contributed by atoms with Gasteiger partial charge in [0.25, 0.3) is 0 Å². The van der Waals surface area contributed by atoms with Crippen molar-refractivity contribution >= 4 is 11.4 Å². The quantitative estimate of drug-likeness (QED) is 0.475. The Bertz CT molecular complexity index is 626. The first-order valence-corrected chi connectivity index (χ1v) is 6.07. The van der Waals surface area contributed by atoms with E-state index in [0.717, 1.165) is 5.56 Å². The van der Waals surface area contributed by atoms with Gasteiger partial charge in [-0.15, -0.1) is 5.11 Å². The average Bonchev–Trinajstić information content (AvgIpc) is 2.46. The maximum Gasteiger partial charge on any atom is 0.130 e. The van der Waals surface area contributed by atoms with E-state index in [9.17, 15) is 4.39 Å². The summed E-state index contributed by atoms with van der Waals surface area (Å²) in [7, 11) is 0. The molecule has 2 rings (SSSR count). The largest absolute Gasteiger partial charge is 0.233 e. The molecule has 0 bridgehead atoms. The summed E-state index contributed by atoms with van der Waals surface area (Å²) < 4.78 is 12.9. The second kappa shape index (κ2) is 6.43. The molecule has 0 aliphatic carbocycles. The van der Waals surface area contributed by atoms with E-state index in [4.69, 9.17) is 5.26 Å². The fraction of sp³-hybridized carbons (Fsp3) is 0.133. The standard InChI is InChI=1S/C15H13FN4/c1-12-2-6-14(7-3-12)18-19-20(11-10-17)15-8-4-13(16)5-9-15/h2-9H,11H2,1H3. The third-order valence-electron chi connectivity index (χ3n) is 2.65. The van der Waals surface area contributed by atoms with Crippen LogP contribution in [-0.2, 0) is 0 Å². The van der Waals surface area contributed by atoms with Crippen LogP contribution in [0, 0.1) is 24.1 Å². The van der Waals surface area contributed by atoms with Crippen LogP contribution in [0.3, 0.4) is 0 Å². The second-order valence-corrected chi connectivity index (χ2v) is 4.22. The van der Waals surface area contributed by atoms with E-state index in [2.05, 4.69) is 10.3 Å². The third kappa shape index (κ3) is 3.62. The molecule has 2 aromatic rings. The van der Waals surface area contributed by atoms with Crippen molar-refractivity contribution in [3.8, 4) is 6.07 Å². The van der Waals surface area contributed by atoms with Gasteiger partial charge in [-0.25, -0.2) is 9.40 Å². The predicted octanol–water partition coefficient (Wildman–Crippen LogP) is 4.16. The van der Waals surface area contributed by atoms with Crippen molar-refractivity contribution < 1.29 is 4.39 Å². The zero-order valence-electron chi connectivity index (χ0n) is 11.0. The Morgan fingerprint density at radius 1 is 1.10 bits per heavy atom. The number of nitrogens with zero attached hydrogens (tertiary/aromatic N) is 4. The normalized spacial score (nSPS) is 10.4. The molecule has 4 nitrogen and oxygen atoms in total. The van der Waals surface area contributed by atoms with E-state index in [1.54, 1.807) is 12.1 Å². The van der Waals surface area contributed by atoms with Gasteiger partial charge in [0.15, 0.2) is 0 Å². The van der Waals surface area contributed by atoms with Crippen LogP contribution in [0.15, 0.2) is 58.9 Å². The van der Waals surface area contributed by atoms with Gasteiger partial charge in [0, 0.05) is 0 Å². The van der Waals surface area contributed by atoms with Crippen molar-refractivity contribution in [2.24, 2.45) is 10.3 Å². The molecular weight excluding hydrogens is 255 g/mol. The summed E-state index contributed by atoms with van der Waals surface area (Å²) in [6, 6.07) is 15.3. The number of benzene rings is 2. The SMILES string of the molecule is Cc1ccc(N=NN(CC#N)c2ccc(F)cc2)cc1. The fourth-order valence-corrected chi connectivity index (χ4v) is 1.57. The highest BCUT2D eigenvalue weighted by Crippen LogP contribution is 2.18. The lowest BCUT2D eigenvalue weighted by atomic mass is 10.2. The molecule has 0 heterocycles. The van der Waals surface area contributed by atoms with Crippen LogP contribution in [0.2, 0.25) is 0 Å². The summed E-state index contributed by atoms with van der Waals surface area (Å²) in [5.41, 5.74) is 2.45. The molecule has 0 aliphatic heterocycles. The molecule has 0 saturated heterocycles. The highest BCUT2D eigenvalue weighted by Gasteiger charge is 2.04. The van der Waals surface area contributed by atoms with Crippen LogP contribution in [0.5, 0.6) is 0 Å². The molecular formula is C15H13FN4. The van der Waals surface area contributed by atoms with Crippen LogP contribution >= 0.6 is 0 Å². The highest BCUT2D eigenvalue weighted by atomic mass is 19.1. The van der Waals surface area contributed by atoms with Gasteiger partial charge in [0.05, 0.1) is 17.4 Å². The van der Waals surface area contributed by atoms with Crippen LogP contribution in [0.1, 0.15) is 5.56 Å². The Balaban J connectivity index is 2.19. The molecule has 0 fully saturated rings. The van der Waals surface area contributed by atoms with E-state index in [-0.39, 0.29) is 12.4 Å². The van der Waals surface area contributed by atoms with E-state index in [0.29, 0.717) is 11.4 Å². The number of hydrogen-bond acceptors (Lipinski definition) is 3. The van der Waals surface area contributed by atoms with Crippen LogP contribution in [0.4, 0.5) is 15.8 Å². The minimum Gasteiger partial charge on any atom is -0.233 e. The number of anilines is 1. The van der Waals surface area contributed by atoms with Crippen molar-refractivity contribution in [3.05, 3.63) is 59.9 Å². The Labute approximate surface area is 116 Å². The summed E-state index contributed by atoms with van der Waals surface area (Å²) in [5.74, 6) is -0.332. The first-order valence-electron chi connectivity index (χ1n) is 6.07. The molecule has 0 spiro atoms. The van der Waals surface area contributed by atoms with Crippen molar-refractivity contribution in [3.63, 3.8) is 0 Å². The Morgan fingerprint density at radius 3 is 2.35 bits per heavy atom. The summed E-state index contributed by atoms with van der Waals surface area (Å²) in [5, 5.41) is 18.3. The molecule has 100 valence electrons. The maximum absolute atomic E-state index is 12.9. The lowest BCUT2D eigenvalue weighted by Crippen LogP contribution is -2.15. The molecule has 5 heteroatoms. The number of nitriles is 1. The number of aryl methyl sites for hydroxylation is 1. The lowest BCUT2D eigenvalue weighted by molar-refractivity contribution is 0.627. The minimum absolute atomic E-state index is 0.0427. The zero-order chi connectivity index (χ0) is 14.4. The maximum atomic E-state index is 12.9. The molecule has 0 aromatic heterocycles. The first-order chi connectivity index (χ1) is 9.69. The van der Waals surface area contributed by atoms with Crippen molar-refractivity contribution in [1.82, 2.24) is 0 Å². The molecule has 0 unspecified atom stereocenters. The van der Waals surface area contributed by atoms with Gasteiger partial charge in [-0.1, -0.05) is 22.9 Å². The monoisotopic (exact) mass is 268 g/mol. The average molecular weight is 268 g/mol. The topological polar surface area (TPSA) is 51.8 Å². The predicted molar refractivity (Wildman–Crippen MR) is 75.1 cm³/mol. The zero-order valence-corrected chi connectivity index (χ0v) is 11.0. The molecule has 0 radical (unpaired) electrons. The summed E-state index contributed by atoms with van der Waals surface area (Å²) in [6.07, 6.45) is 0.